The van der Waals surface area contributed by atoms with E-state index in [1.807, 2.05) is 23.9 Å². The van der Waals surface area contributed by atoms with Gasteiger partial charge in [-0.2, -0.15) is 5.26 Å². The largest absolute Gasteiger partial charge is 0.487 e. The summed E-state index contributed by atoms with van der Waals surface area (Å²) < 4.78 is 19.3. The van der Waals surface area contributed by atoms with Crippen LogP contribution in [0.25, 0.3) is 11.1 Å². The number of nitrogens with zero attached hydrogens (tertiary/aromatic N) is 7. The van der Waals surface area contributed by atoms with Crippen LogP contribution in [0.3, 0.4) is 0 Å². The molecular weight excluding hydrogens is 522 g/mol. The SMILES string of the molecule is C[C@@H](CN=CN)Oc1cc(-c2cnc(Nc3cn(C4CCCCC4)nc3OCCc3ncco3)nc2)ccc1C#N. The second kappa shape index (κ2) is 13.4. The first-order chi connectivity index (χ1) is 20.1. The van der Waals surface area contributed by atoms with Crippen molar-refractivity contribution in [2.75, 3.05) is 18.5 Å². The summed E-state index contributed by atoms with van der Waals surface area (Å²) in [5.41, 5.74) is 8.06. The first-order valence-electron chi connectivity index (χ1n) is 13.7. The van der Waals surface area contributed by atoms with Crippen molar-refractivity contribution in [1.82, 2.24) is 24.7 Å². The van der Waals surface area contributed by atoms with E-state index in [1.54, 1.807) is 37.0 Å². The van der Waals surface area contributed by atoms with Gasteiger partial charge in [-0.05, 0) is 37.5 Å². The summed E-state index contributed by atoms with van der Waals surface area (Å²) in [7, 11) is 0. The number of nitrogens with two attached hydrogens (primary N) is 1. The predicted octanol–water partition coefficient (Wildman–Crippen LogP) is 4.82. The highest BCUT2D eigenvalue weighted by Crippen LogP contribution is 2.33. The van der Waals surface area contributed by atoms with Gasteiger partial charge < -0.3 is 24.9 Å². The van der Waals surface area contributed by atoms with Crippen molar-refractivity contribution in [3.63, 3.8) is 0 Å². The van der Waals surface area contributed by atoms with Crippen molar-refractivity contribution in [2.24, 2.45) is 10.7 Å². The summed E-state index contributed by atoms with van der Waals surface area (Å²) in [5.74, 6) is 1.97. The molecule has 0 spiro atoms. The molecule has 3 heterocycles. The van der Waals surface area contributed by atoms with Gasteiger partial charge in [-0.15, -0.1) is 5.10 Å². The normalized spacial score (nSPS) is 14.5. The monoisotopic (exact) mass is 555 g/mol. The number of rotatable bonds is 12. The molecule has 1 aliphatic rings. The summed E-state index contributed by atoms with van der Waals surface area (Å²) in [6, 6.07) is 7.88. The fraction of sp³-hybridized carbons (Fsp3) is 0.379. The molecule has 3 N–H and O–H groups in total. The molecular formula is C29H33N9O3. The van der Waals surface area contributed by atoms with Crippen LogP contribution in [0.1, 0.15) is 56.5 Å². The maximum absolute atomic E-state index is 9.52. The van der Waals surface area contributed by atoms with Crippen LogP contribution in [0.15, 0.2) is 58.7 Å². The molecule has 0 saturated heterocycles. The number of benzene rings is 1. The molecule has 0 unspecified atom stereocenters. The predicted molar refractivity (Wildman–Crippen MR) is 153 cm³/mol. The zero-order valence-electron chi connectivity index (χ0n) is 22.9. The van der Waals surface area contributed by atoms with E-state index in [0.29, 0.717) is 60.3 Å². The van der Waals surface area contributed by atoms with Crippen LogP contribution < -0.4 is 20.5 Å². The molecule has 0 amide bonds. The van der Waals surface area contributed by atoms with Crippen LogP contribution in [-0.2, 0) is 6.42 Å². The number of nitriles is 1. The smallest absolute Gasteiger partial charge is 0.256 e. The van der Waals surface area contributed by atoms with Gasteiger partial charge in [0, 0.05) is 18.0 Å². The molecule has 12 nitrogen and oxygen atoms in total. The molecule has 0 aliphatic heterocycles. The van der Waals surface area contributed by atoms with Gasteiger partial charge in [-0.25, -0.2) is 15.0 Å². The fourth-order valence-electron chi connectivity index (χ4n) is 4.73. The number of hydrogen-bond acceptors (Lipinski definition) is 10. The Labute approximate surface area is 238 Å². The topological polar surface area (TPSA) is 162 Å². The number of hydrogen-bond donors (Lipinski definition) is 2. The molecule has 1 aromatic carbocycles. The van der Waals surface area contributed by atoms with Crippen LogP contribution >= 0.6 is 0 Å². The minimum absolute atomic E-state index is 0.249. The summed E-state index contributed by atoms with van der Waals surface area (Å²) in [4.78, 5) is 17.2. The first kappa shape index (κ1) is 27.6. The molecule has 0 radical (unpaired) electrons. The zero-order chi connectivity index (χ0) is 28.4. The Kier molecular flexibility index (Phi) is 9.05. The summed E-state index contributed by atoms with van der Waals surface area (Å²) >= 11 is 0. The Hall–Kier alpha value is -4.92. The fourth-order valence-corrected chi connectivity index (χ4v) is 4.73. The summed E-state index contributed by atoms with van der Waals surface area (Å²) in [6.07, 6.45) is 15.9. The molecule has 212 valence electrons. The molecule has 1 saturated carbocycles. The molecule has 3 aromatic heterocycles. The summed E-state index contributed by atoms with van der Waals surface area (Å²) in [6.45, 7) is 2.63. The average molecular weight is 556 g/mol. The zero-order valence-corrected chi connectivity index (χ0v) is 22.9. The Balaban J connectivity index is 1.31. The lowest BCUT2D eigenvalue weighted by atomic mass is 9.96. The average Bonchev–Trinajstić information content (AvgIpc) is 3.67. The van der Waals surface area contributed by atoms with Gasteiger partial charge in [-0.3, -0.25) is 9.67 Å². The van der Waals surface area contributed by atoms with Gasteiger partial charge in [0.1, 0.15) is 29.9 Å². The molecule has 1 aliphatic carbocycles. The quantitative estimate of drug-likeness (QED) is 0.183. The van der Waals surface area contributed by atoms with Crippen molar-refractivity contribution in [1.29, 1.82) is 5.26 Å². The van der Waals surface area contributed by atoms with E-state index < -0.39 is 0 Å². The van der Waals surface area contributed by atoms with Crippen LogP contribution in [0.4, 0.5) is 11.6 Å². The van der Waals surface area contributed by atoms with Gasteiger partial charge in [0.15, 0.2) is 5.89 Å². The minimum atomic E-state index is -0.249. The van der Waals surface area contributed by atoms with Crippen LogP contribution in [0, 0.1) is 11.3 Å². The third-order valence-electron chi connectivity index (χ3n) is 6.81. The molecule has 41 heavy (non-hydrogen) atoms. The van der Waals surface area contributed by atoms with E-state index in [1.165, 1.54) is 25.6 Å². The van der Waals surface area contributed by atoms with E-state index >= 15 is 0 Å². The minimum Gasteiger partial charge on any atom is -0.487 e. The maximum Gasteiger partial charge on any atom is 0.256 e. The van der Waals surface area contributed by atoms with E-state index in [9.17, 15) is 5.26 Å². The molecule has 4 aromatic rings. The van der Waals surface area contributed by atoms with E-state index in [4.69, 9.17) is 24.7 Å². The Morgan fingerprint density at radius 3 is 2.78 bits per heavy atom. The van der Waals surface area contributed by atoms with Crippen molar-refractivity contribution in [3.05, 3.63) is 60.7 Å². The standard InChI is InChI=1S/C29H33N9O3/c1-20(15-32-19-31)41-26-13-21(7-8-22(26)14-30)23-16-34-29(35-17-23)36-25-18-38(24-5-3-2-4-6-24)37-28(25)40-11-9-27-33-10-12-39-27/h7-8,10,12-13,16-20,24H,2-6,9,11,15H2,1H3,(H2,31,32)(H,34,35,36)/t20-/m0/s1. The molecule has 1 fully saturated rings. The van der Waals surface area contributed by atoms with Gasteiger partial charge >= 0.3 is 0 Å². The van der Waals surface area contributed by atoms with Crippen LogP contribution in [0.2, 0.25) is 0 Å². The molecule has 0 bridgehead atoms. The second-order valence-electron chi connectivity index (χ2n) is 9.83. The van der Waals surface area contributed by atoms with Gasteiger partial charge in [0.25, 0.3) is 5.88 Å². The molecule has 1 atom stereocenters. The Bertz CT molecular complexity index is 1470. The number of anilines is 2. The van der Waals surface area contributed by atoms with Crippen molar-refractivity contribution >= 4 is 18.0 Å². The third kappa shape index (κ3) is 7.19. The van der Waals surface area contributed by atoms with Gasteiger partial charge in [0.05, 0.1) is 49.9 Å². The second-order valence-corrected chi connectivity index (χ2v) is 9.83. The highest BCUT2D eigenvalue weighted by molar-refractivity contribution is 5.67. The lowest BCUT2D eigenvalue weighted by Gasteiger charge is -2.21. The van der Waals surface area contributed by atoms with E-state index in [-0.39, 0.29) is 6.10 Å². The first-order valence-corrected chi connectivity index (χ1v) is 13.7. The van der Waals surface area contributed by atoms with Crippen LogP contribution in [0.5, 0.6) is 11.6 Å². The number of aliphatic imine (C=N–C) groups is 1. The molecule has 5 rings (SSSR count). The Morgan fingerprint density at radius 1 is 1.22 bits per heavy atom. The third-order valence-corrected chi connectivity index (χ3v) is 6.81. The maximum atomic E-state index is 9.52. The highest BCUT2D eigenvalue weighted by Gasteiger charge is 2.20. The number of nitrogens with one attached hydrogen (secondary N) is 1. The van der Waals surface area contributed by atoms with Gasteiger partial charge in [-0.1, -0.05) is 25.3 Å². The van der Waals surface area contributed by atoms with Crippen molar-refractivity contribution in [2.45, 2.75) is 57.6 Å². The molecule has 12 heteroatoms. The van der Waals surface area contributed by atoms with E-state index in [2.05, 4.69) is 31.3 Å². The number of aromatic nitrogens is 5. The van der Waals surface area contributed by atoms with Gasteiger partial charge in [0.2, 0.25) is 5.95 Å². The van der Waals surface area contributed by atoms with Crippen LogP contribution in [-0.4, -0.2) is 50.3 Å². The lowest BCUT2D eigenvalue weighted by Crippen LogP contribution is -2.16. The Morgan fingerprint density at radius 2 is 2.05 bits per heavy atom. The summed E-state index contributed by atoms with van der Waals surface area (Å²) in [5, 5.41) is 17.5. The highest BCUT2D eigenvalue weighted by atomic mass is 16.5. The lowest BCUT2D eigenvalue weighted by molar-refractivity contribution is 0.230. The number of oxazole rings is 1. The number of ether oxygens (including phenoxy) is 2. The van der Waals surface area contributed by atoms with Crippen molar-refractivity contribution < 1.29 is 13.9 Å². The van der Waals surface area contributed by atoms with Crippen molar-refractivity contribution in [3.8, 4) is 28.8 Å². The van der Waals surface area contributed by atoms with E-state index in [0.717, 1.165) is 24.0 Å².